The van der Waals surface area contributed by atoms with Gasteiger partial charge in [0, 0.05) is 30.6 Å². The highest BCUT2D eigenvalue weighted by molar-refractivity contribution is 5.97. The molecule has 29 heavy (non-hydrogen) atoms. The highest BCUT2D eigenvalue weighted by Crippen LogP contribution is 2.23. The normalized spacial score (nSPS) is 18.8. The molecule has 2 aliphatic rings. The zero-order chi connectivity index (χ0) is 21.2. The summed E-state index contributed by atoms with van der Waals surface area (Å²) in [5.74, 6) is -0.221. The smallest absolute Gasteiger partial charge is 0.251 e. The fourth-order valence-electron chi connectivity index (χ4n) is 3.65. The number of carbonyl (C=O) groups excluding carboxylic acids is 3. The molecule has 3 rings (SSSR count). The number of carbonyl (C=O) groups is 3. The van der Waals surface area contributed by atoms with E-state index < -0.39 is 6.04 Å². The number of rotatable bonds is 5. The monoisotopic (exact) mass is 399 g/mol. The molecular weight excluding hydrogens is 366 g/mol. The minimum absolute atomic E-state index is 0.00845. The summed E-state index contributed by atoms with van der Waals surface area (Å²) in [7, 11) is 0. The molecule has 0 aromatic heterocycles. The van der Waals surface area contributed by atoms with E-state index >= 15 is 0 Å². The first-order valence-electron chi connectivity index (χ1n) is 10.7. The number of nitrogens with zero attached hydrogens (tertiary/aromatic N) is 1. The van der Waals surface area contributed by atoms with E-state index in [1.165, 1.54) is 0 Å². The van der Waals surface area contributed by atoms with Gasteiger partial charge in [-0.25, -0.2) is 0 Å². The van der Waals surface area contributed by atoms with E-state index in [0.717, 1.165) is 18.4 Å². The SMILES string of the molecule is CC(NC(=O)c1ccc(C(C)(C)C)cc1)C(=O)N1CCC(C(=O)NC2CC2)CC1. The zero-order valence-electron chi connectivity index (χ0n) is 18.0. The van der Waals surface area contributed by atoms with Crippen LogP contribution in [0, 0.1) is 5.92 Å². The summed E-state index contributed by atoms with van der Waals surface area (Å²) in [6, 6.07) is 7.29. The summed E-state index contributed by atoms with van der Waals surface area (Å²) in [6.45, 7) is 9.21. The molecule has 1 saturated carbocycles. The highest BCUT2D eigenvalue weighted by Gasteiger charge is 2.32. The molecule has 6 heteroatoms. The molecule has 2 fully saturated rings. The second kappa shape index (κ2) is 8.56. The van der Waals surface area contributed by atoms with Crippen LogP contribution in [-0.2, 0) is 15.0 Å². The van der Waals surface area contributed by atoms with E-state index in [2.05, 4.69) is 31.4 Å². The van der Waals surface area contributed by atoms with Crippen molar-refractivity contribution in [1.82, 2.24) is 15.5 Å². The minimum Gasteiger partial charge on any atom is -0.353 e. The third-order valence-electron chi connectivity index (χ3n) is 5.83. The Morgan fingerprint density at radius 3 is 2.10 bits per heavy atom. The van der Waals surface area contributed by atoms with Crippen molar-refractivity contribution in [3.8, 4) is 0 Å². The molecule has 3 amide bonds. The molecule has 0 bridgehead atoms. The van der Waals surface area contributed by atoms with E-state index in [1.54, 1.807) is 24.0 Å². The van der Waals surface area contributed by atoms with Gasteiger partial charge >= 0.3 is 0 Å². The fourth-order valence-corrected chi connectivity index (χ4v) is 3.65. The number of hydrogen-bond donors (Lipinski definition) is 2. The molecule has 6 nitrogen and oxygen atoms in total. The quantitative estimate of drug-likeness (QED) is 0.799. The second-order valence-electron chi connectivity index (χ2n) is 9.40. The van der Waals surface area contributed by atoms with Crippen LogP contribution in [0.25, 0.3) is 0 Å². The van der Waals surface area contributed by atoms with Crippen molar-refractivity contribution in [2.45, 2.75) is 70.9 Å². The van der Waals surface area contributed by atoms with E-state index in [-0.39, 0.29) is 29.1 Å². The minimum atomic E-state index is -0.596. The van der Waals surface area contributed by atoms with Crippen molar-refractivity contribution in [3.05, 3.63) is 35.4 Å². The average Bonchev–Trinajstić information content (AvgIpc) is 3.50. The van der Waals surface area contributed by atoms with Gasteiger partial charge in [-0.3, -0.25) is 14.4 Å². The molecule has 0 radical (unpaired) electrons. The van der Waals surface area contributed by atoms with Gasteiger partial charge in [-0.15, -0.1) is 0 Å². The third-order valence-corrected chi connectivity index (χ3v) is 5.83. The largest absolute Gasteiger partial charge is 0.353 e. The molecule has 2 N–H and O–H groups in total. The molecule has 1 unspecified atom stereocenters. The summed E-state index contributed by atoms with van der Waals surface area (Å²) in [5.41, 5.74) is 1.74. The van der Waals surface area contributed by atoms with Crippen molar-refractivity contribution in [2.75, 3.05) is 13.1 Å². The van der Waals surface area contributed by atoms with Gasteiger partial charge in [-0.1, -0.05) is 32.9 Å². The fraction of sp³-hybridized carbons (Fsp3) is 0.609. The van der Waals surface area contributed by atoms with Crippen LogP contribution in [0.15, 0.2) is 24.3 Å². The van der Waals surface area contributed by atoms with Gasteiger partial charge in [0.05, 0.1) is 0 Å². The second-order valence-corrected chi connectivity index (χ2v) is 9.40. The number of nitrogens with one attached hydrogen (secondary N) is 2. The first-order chi connectivity index (χ1) is 13.6. The number of piperidine rings is 1. The van der Waals surface area contributed by atoms with Crippen LogP contribution in [0.2, 0.25) is 0 Å². The molecular formula is C23H33N3O3. The number of benzene rings is 1. The zero-order valence-corrected chi connectivity index (χ0v) is 18.0. The Hall–Kier alpha value is -2.37. The van der Waals surface area contributed by atoms with Crippen LogP contribution in [0.5, 0.6) is 0 Å². The van der Waals surface area contributed by atoms with Crippen molar-refractivity contribution < 1.29 is 14.4 Å². The maximum absolute atomic E-state index is 12.7. The Kier molecular flexibility index (Phi) is 6.30. The van der Waals surface area contributed by atoms with Crippen molar-refractivity contribution in [2.24, 2.45) is 5.92 Å². The summed E-state index contributed by atoms with van der Waals surface area (Å²) in [4.78, 5) is 39.2. The Balaban J connectivity index is 1.48. The van der Waals surface area contributed by atoms with Gasteiger partial charge in [-0.05, 0) is 55.7 Å². The number of amides is 3. The molecule has 1 aliphatic heterocycles. The molecule has 1 aliphatic carbocycles. The summed E-state index contributed by atoms with van der Waals surface area (Å²) in [6.07, 6.45) is 3.52. The van der Waals surface area contributed by atoms with Gasteiger partial charge in [0.1, 0.15) is 6.04 Å². The van der Waals surface area contributed by atoms with Gasteiger partial charge in [0.2, 0.25) is 11.8 Å². The lowest BCUT2D eigenvalue weighted by atomic mass is 9.86. The lowest BCUT2D eigenvalue weighted by molar-refractivity contribution is -0.136. The maximum atomic E-state index is 12.7. The molecule has 1 heterocycles. The standard InChI is InChI=1S/C23H33N3O3/c1-15(24-20(27)16-5-7-18(8-6-16)23(2,3)4)22(29)26-13-11-17(12-14-26)21(28)25-19-9-10-19/h5-8,15,17,19H,9-14H2,1-4H3,(H,24,27)(H,25,28). The Bertz CT molecular complexity index is 755. The van der Waals surface area contributed by atoms with Gasteiger partial charge in [0.15, 0.2) is 0 Å². The topological polar surface area (TPSA) is 78.5 Å². The Morgan fingerprint density at radius 1 is 1.00 bits per heavy atom. The van der Waals surface area contributed by atoms with Crippen molar-refractivity contribution >= 4 is 17.7 Å². The summed E-state index contributed by atoms with van der Waals surface area (Å²) >= 11 is 0. The molecule has 1 saturated heterocycles. The first-order valence-corrected chi connectivity index (χ1v) is 10.7. The maximum Gasteiger partial charge on any atom is 0.251 e. The summed E-state index contributed by atoms with van der Waals surface area (Å²) in [5, 5.41) is 5.86. The lowest BCUT2D eigenvalue weighted by Crippen LogP contribution is -2.50. The highest BCUT2D eigenvalue weighted by atomic mass is 16.2. The van der Waals surface area contributed by atoms with E-state index in [1.807, 2.05) is 12.1 Å². The molecule has 1 aromatic carbocycles. The third kappa shape index (κ3) is 5.58. The van der Waals surface area contributed by atoms with E-state index in [0.29, 0.717) is 37.5 Å². The van der Waals surface area contributed by atoms with Crippen LogP contribution in [0.3, 0.4) is 0 Å². The van der Waals surface area contributed by atoms with Crippen LogP contribution in [0.4, 0.5) is 0 Å². The first kappa shape index (κ1) is 21.3. The predicted molar refractivity (Wildman–Crippen MR) is 113 cm³/mol. The molecule has 0 spiro atoms. The van der Waals surface area contributed by atoms with Crippen LogP contribution >= 0.6 is 0 Å². The predicted octanol–water partition coefficient (Wildman–Crippen LogP) is 2.62. The van der Waals surface area contributed by atoms with Crippen molar-refractivity contribution in [1.29, 1.82) is 0 Å². The van der Waals surface area contributed by atoms with Gasteiger partial charge in [0.25, 0.3) is 5.91 Å². The number of likely N-dealkylation sites (tertiary alicyclic amines) is 1. The van der Waals surface area contributed by atoms with Crippen molar-refractivity contribution in [3.63, 3.8) is 0 Å². The van der Waals surface area contributed by atoms with Crippen LogP contribution in [-0.4, -0.2) is 47.8 Å². The van der Waals surface area contributed by atoms with Crippen LogP contribution in [0.1, 0.15) is 69.3 Å². The Labute approximate surface area is 173 Å². The average molecular weight is 400 g/mol. The molecule has 158 valence electrons. The summed E-state index contributed by atoms with van der Waals surface area (Å²) < 4.78 is 0. The molecule has 1 aromatic rings. The van der Waals surface area contributed by atoms with E-state index in [9.17, 15) is 14.4 Å². The Morgan fingerprint density at radius 2 is 1.59 bits per heavy atom. The van der Waals surface area contributed by atoms with Crippen LogP contribution < -0.4 is 10.6 Å². The molecule has 1 atom stereocenters. The van der Waals surface area contributed by atoms with Gasteiger partial charge < -0.3 is 15.5 Å². The number of hydrogen-bond acceptors (Lipinski definition) is 3. The van der Waals surface area contributed by atoms with E-state index in [4.69, 9.17) is 0 Å². The van der Waals surface area contributed by atoms with Gasteiger partial charge in [-0.2, -0.15) is 0 Å². The lowest BCUT2D eigenvalue weighted by Gasteiger charge is -2.33.